The number of fused-ring (bicyclic) bond motifs is 1. The molecule has 2 aromatic rings. The number of aromatic nitrogens is 1. The van der Waals surface area contributed by atoms with Crippen molar-refractivity contribution in [2.75, 3.05) is 7.11 Å². The minimum atomic E-state index is -1.18. The van der Waals surface area contributed by atoms with Gasteiger partial charge in [0.05, 0.1) is 45.5 Å². The molecule has 0 unspecified atom stereocenters. The first-order valence-electron chi connectivity index (χ1n) is 9.72. The third kappa shape index (κ3) is 5.73. The number of pyridine rings is 1. The van der Waals surface area contributed by atoms with Crippen molar-refractivity contribution >= 4 is 33.9 Å². The van der Waals surface area contributed by atoms with Gasteiger partial charge in [0, 0.05) is 5.39 Å². The number of methoxy groups -OCH3 is 1. The first-order chi connectivity index (χ1) is 13.3. The van der Waals surface area contributed by atoms with Gasteiger partial charge in [0.2, 0.25) is 0 Å². The molecule has 158 valence electrons. The number of hydrogen-bond donors (Lipinski definition) is 1. The van der Waals surface area contributed by atoms with E-state index in [0.717, 1.165) is 27.7 Å². The van der Waals surface area contributed by atoms with Crippen LogP contribution in [0.25, 0.3) is 17.0 Å². The predicted octanol–water partition coefficient (Wildman–Crippen LogP) is 4.87. The van der Waals surface area contributed by atoms with Crippen molar-refractivity contribution in [3.63, 3.8) is 0 Å². The lowest BCUT2D eigenvalue weighted by Gasteiger charge is -2.22. The van der Waals surface area contributed by atoms with Crippen molar-refractivity contribution in [3.05, 3.63) is 47.2 Å². The van der Waals surface area contributed by atoms with Gasteiger partial charge >= 0.3 is 5.97 Å². The highest BCUT2D eigenvalue weighted by Crippen LogP contribution is 2.25. The monoisotopic (exact) mass is 416 g/mol. The van der Waals surface area contributed by atoms with E-state index < -0.39 is 16.4 Å². The molecule has 2 atom stereocenters. The van der Waals surface area contributed by atoms with E-state index in [1.165, 1.54) is 7.11 Å². The summed E-state index contributed by atoms with van der Waals surface area (Å²) in [6, 6.07) is 7.98. The van der Waals surface area contributed by atoms with E-state index in [2.05, 4.69) is 10.8 Å². The molecule has 0 aliphatic heterocycles. The highest BCUT2D eigenvalue weighted by atomic mass is 32.2. The van der Waals surface area contributed by atoms with Crippen LogP contribution in [0.5, 0.6) is 0 Å². The normalized spacial score (nSPS) is 14.9. The summed E-state index contributed by atoms with van der Waals surface area (Å²) >= 11 is 0. The Labute approximate surface area is 176 Å². The van der Waals surface area contributed by atoms with Crippen LogP contribution in [-0.2, 0) is 20.5 Å². The quantitative estimate of drug-likeness (QED) is 0.682. The van der Waals surface area contributed by atoms with Gasteiger partial charge < -0.3 is 4.74 Å². The highest BCUT2D eigenvalue weighted by Gasteiger charge is 2.25. The van der Waals surface area contributed by atoms with Gasteiger partial charge in [0.15, 0.2) is 0 Å². The van der Waals surface area contributed by atoms with E-state index in [4.69, 9.17) is 9.72 Å². The van der Waals surface area contributed by atoms with Gasteiger partial charge in [-0.3, -0.25) is 9.78 Å². The lowest BCUT2D eigenvalue weighted by molar-refractivity contribution is -0.148. The summed E-state index contributed by atoms with van der Waals surface area (Å²) in [4.78, 5) is 16.7. The molecule has 5 nitrogen and oxygen atoms in total. The molecule has 1 heterocycles. The van der Waals surface area contributed by atoms with E-state index in [1.807, 2.05) is 78.8 Å². The zero-order chi connectivity index (χ0) is 22.0. The van der Waals surface area contributed by atoms with Crippen LogP contribution in [0.3, 0.4) is 0 Å². The number of nitrogens with one attached hydrogen (secondary N) is 1. The molecule has 0 saturated carbocycles. The molecule has 0 saturated heterocycles. The van der Waals surface area contributed by atoms with Gasteiger partial charge in [-0.05, 0) is 71.7 Å². The lowest BCUT2D eigenvalue weighted by atomic mass is 9.92. The van der Waals surface area contributed by atoms with Crippen LogP contribution in [0.1, 0.15) is 64.4 Å². The van der Waals surface area contributed by atoms with Gasteiger partial charge in [-0.15, -0.1) is 0 Å². The highest BCUT2D eigenvalue weighted by molar-refractivity contribution is 7.84. The second-order valence-electron chi connectivity index (χ2n) is 8.91. The Morgan fingerprint density at radius 1 is 1.21 bits per heavy atom. The number of ether oxygens (including phenoxy) is 1. The molecule has 0 bridgehead atoms. The van der Waals surface area contributed by atoms with Crippen molar-refractivity contribution < 1.29 is 13.7 Å². The Balaban J connectivity index is 2.36. The molecule has 1 aromatic heterocycles. The summed E-state index contributed by atoms with van der Waals surface area (Å²) in [7, 11) is 0.215. The number of hydrogen-bond acceptors (Lipinski definition) is 4. The summed E-state index contributed by atoms with van der Waals surface area (Å²) < 4.78 is 20.1. The third-order valence-corrected chi connectivity index (χ3v) is 6.41. The first kappa shape index (κ1) is 23.2. The van der Waals surface area contributed by atoms with Gasteiger partial charge in [-0.2, -0.15) is 0 Å². The second kappa shape index (κ2) is 8.76. The first-order valence-corrected chi connectivity index (χ1v) is 10.9. The fraction of sp³-hybridized carbons (Fsp3) is 0.478. The van der Waals surface area contributed by atoms with E-state index in [1.54, 1.807) is 0 Å². The Hall–Kier alpha value is -2.05. The number of carbonyl (C=O) groups excluding carboxylic acids is 1. The van der Waals surface area contributed by atoms with Crippen LogP contribution in [0, 0.1) is 12.3 Å². The zero-order valence-corrected chi connectivity index (χ0v) is 19.4. The smallest absolute Gasteiger partial charge is 0.315 e. The molecular weight excluding hydrogens is 384 g/mol. The number of rotatable bonds is 6. The second-order valence-corrected chi connectivity index (χ2v) is 10.9. The fourth-order valence-corrected chi connectivity index (χ4v) is 3.66. The summed E-state index contributed by atoms with van der Waals surface area (Å²) in [6.45, 7) is 13.5. The maximum Gasteiger partial charge on any atom is 0.315 e. The van der Waals surface area contributed by atoms with Gasteiger partial charge in [0.1, 0.15) is 0 Å². The third-order valence-electron chi connectivity index (χ3n) is 4.73. The van der Waals surface area contributed by atoms with E-state index >= 15 is 0 Å². The number of carbonyl (C=O) groups is 1. The molecule has 0 amide bonds. The zero-order valence-electron chi connectivity index (χ0n) is 18.6. The molecule has 1 aromatic carbocycles. The molecule has 0 radical (unpaired) electrons. The van der Waals surface area contributed by atoms with Crippen molar-refractivity contribution in [2.24, 2.45) is 5.41 Å². The van der Waals surface area contributed by atoms with E-state index in [-0.39, 0.29) is 16.8 Å². The Bertz CT molecular complexity index is 958. The molecule has 0 spiro atoms. The van der Waals surface area contributed by atoms with Crippen molar-refractivity contribution in [3.8, 4) is 0 Å². The largest absolute Gasteiger partial charge is 0.468 e. The summed E-state index contributed by atoms with van der Waals surface area (Å²) in [5.74, 6) is -0.280. The summed E-state index contributed by atoms with van der Waals surface area (Å²) in [5, 5.41) is 1.04. The molecule has 0 aliphatic rings. The molecule has 0 fully saturated rings. The van der Waals surface area contributed by atoms with Crippen LogP contribution in [0.4, 0.5) is 0 Å². The molecule has 2 rings (SSSR count). The van der Waals surface area contributed by atoms with Gasteiger partial charge in [-0.25, -0.2) is 8.93 Å². The summed E-state index contributed by atoms with van der Waals surface area (Å²) in [6.07, 6.45) is 3.75. The Morgan fingerprint density at radius 2 is 1.86 bits per heavy atom. The standard InChI is InChI=1S/C23H32N2O3S/c1-15-13-18-10-9-17(11-12-23(6,7)21(26)28-8)14-19(18)24-20(15)16(2)25-29(27)22(3,4)5/h9-14,16,25H,1-8H3/t16-,29-/m1/s1. The average molecular weight is 417 g/mol. The average Bonchev–Trinajstić information content (AvgIpc) is 2.64. The topological polar surface area (TPSA) is 68.3 Å². The van der Waals surface area contributed by atoms with Crippen molar-refractivity contribution in [2.45, 2.75) is 59.3 Å². The Morgan fingerprint density at radius 3 is 2.45 bits per heavy atom. The minimum Gasteiger partial charge on any atom is -0.468 e. The molecule has 0 aliphatic carbocycles. The summed E-state index contributed by atoms with van der Waals surface area (Å²) in [5.41, 5.74) is 3.05. The number of benzene rings is 1. The van der Waals surface area contributed by atoms with Crippen LogP contribution < -0.4 is 4.72 Å². The number of aryl methyl sites for hydroxylation is 1. The fourth-order valence-electron chi connectivity index (χ4n) is 2.88. The van der Waals surface area contributed by atoms with Gasteiger partial charge in [0.25, 0.3) is 0 Å². The molecule has 29 heavy (non-hydrogen) atoms. The molecule has 6 heteroatoms. The molecule has 1 N–H and O–H groups in total. The lowest BCUT2D eigenvalue weighted by Crippen LogP contribution is -2.35. The van der Waals surface area contributed by atoms with Crippen molar-refractivity contribution in [1.82, 2.24) is 9.71 Å². The SMILES string of the molecule is COC(=O)C(C)(C)C=Cc1ccc2cc(C)c([C@@H](C)N[S@](=O)C(C)(C)C)nc2c1. The number of nitrogens with zero attached hydrogens (tertiary/aromatic N) is 1. The maximum absolute atomic E-state index is 12.5. The van der Waals surface area contributed by atoms with Gasteiger partial charge in [-0.1, -0.05) is 24.3 Å². The molecular formula is C23H32N2O3S. The predicted molar refractivity (Wildman–Crippen MR) is 121 cm³/mol. The Kier molecular flexibility index (Phi) is 7.01. The van der Waals surface area contributed by atoms with Crippen molar-refractivity contribution in [1.29, 1.82) is 0 Å². The maximum atomic E-state index is 12.5. The van der Waals surface area contributed by atoms with E-state index in [0.29, 0.717) is 0 Å². The van der Waals surface area contributed by atoms with Crippen LogP contribution >= 0.6 is 0 Å². The van der Waals surface area contributed by atoms with Crippen LogP contribution in [0.15, 0.2) is 30.3 Å². The minimum absolute atomic E-state index is 0.142. The van der Waals surface area contributed by atoms with Crippen LogP contribution in [0.2, 0.25) is 0 Å². The van der Waals surface area contributed by atoms with E-state index in [9.17, 15) is 9.00 Å². The van der Waals surface area contributed by atoms with Crippen LogP contribution in [-0.4, -0.2) is 27.0 Å². The number of esters is 1.